The van der Waals surface area contributed by atoms with Crippen LogP contribution in [0.15, 0.2) is 42.7 Å². The molecule has 4 heteroatoms. The maximum absolute atomic E-state index is 11.6. The minimum atomic E-state index is -0.692. The molecule has 1 aromatic carbocycles. The fourth-order valence-electron chi connectivity index (χ4n) is 2.44. The lowest BCUT2D eigenvalue weighted by atomic mass is 10.0. The minimum absolute atomic E-state index is 0.189. The Bertz CT molecular complexity index is 525. The van der Waals surface area contributed by atoms with Crippen molar-refractivity contribution in [3.63, 3.8) is 0 Å². The third-order valence-corrected chi connectivity index (χ3v) is 4.27. The number of hydrogen-bond donors (Lipinski definition) is 0. The normalized spacial score (nSPS) is 21.7. The third-order valence-electron chi connectivity index (χ3n) is 4.27. The van der Waals surface area contributed by atoms with E-state index in [1.54, 1.807) is 0 Å². The molecule has 0 radical (unpaired) electrons. The van der Waals surface area contributed by atoms with E-state index in [2.05, 4.69) is 20.4 Å². The van der Waals surface area contributed by atoms with Gasteiger partial charge < -0.3 is 14.2 Å². The molecule has 0 N–H and O–H groups in total. The van der Waals surface area contributed by atoms with Gasteiger partial charge in [0.25, 0.3) is 0 Å². The van der Waals surface area contributed by atoms with Gasteiger partial charge in [0.05, 0.1) is 19.0 Å². The van der Waals surface area contributed by atoms with Crippen LogP contribution in [0, 0.1) is 5.92 Å². The van der Waals surface area contributed by atoms with Crippen LogP contribution in [0.5, 0.6) is 0 Å². The van der Waals surface area contributed by atoms with E-state index in [4.69, 9.17) is 14.2 Å². The summed E-state index contributed by atoms with van der Waals surface area (Å²) in [6, 6.07) is 9.94. The molecule has 2 atom stereocenters. The van der Waals surface area contributed by atoms with Crippen LogP contribution >= 0.6 is 0 Å². The molecule has 1 fully saturated rings. The van der Waals surface area contributed by atoms with Crippen molar-refractivity contribution < 1.29 is 19.0 Å². The highest BCUT2D eigenvalue weighted by Crippen LogP contribution is 2.29. The molecule has 0 aromatic heterocycles. The first-order valence-electron chi connectivity index (χ1n) is 8.20. The van der Waals surface area contributed by atoms with Gasteiger partial charge in [0.15, 0.2) is 5.60 Å². The second-order valence-electron chi connectivity index (χ2n) is 6.20. The number of carbonyl (C=O) groups is 1. The van der Waals surface area contributed by atoms with Crippen molar-refractivity contribution in [3.8, 4) is 0 Å². The lowest BCUT2D eigenvalue weighted by Gasteiger charge is -2.28. The van der Waals surface area contributed by atoms with Gasteiger partial charge in [-0.25, -0.2) is 0 Å². The van der Waals surface area contributed by atoms with Gasteiger partial charge >= 0.3 is 5.97 Å². The van der Waals surface area contributed by atoms with Gasteiger partial charge in [0.2, 0.25) is 0 Å². The number of allylic oxidation sites excluding steroid dienone is 1. The van der Waals surface area contributed by atoms with Gasteiger partial charge in [-0.3, -0.25) is 4.79 Å². The van der Waals surface area contributed by atoms with Crippen LogP contribution in [0.25, 0.3) is 0 Å². The largest absolute Gasteiger partial charge is 0.494 e. The molecule has 4 nitrogen and oxygen atoms in total. The van der Waals surface area contributed by atoms with E-state index in [9.17, 15) is 4.79 Å². The SMILES string of the molecule is C=C(OCC1(COCc2ccccc2)CCC(=O)O1)C(C)CC. The molecule has 126 valence electrons. The standard InChI is InChI=1S/C19H26O4/c1-4-15(2)16(3)22-14-19(11-10-18(20)23-19)13-21-12-17-8-6-5-7-9-17/h5-9,15H,3-4,10-14H2,1-2H3. The second kappa shape index (κ2) is 8.16. The Morgan fingerprint density at radius 3 is 2.70 bits per heavy atom. The fraction of sp³-hybridized carbons (Fsp3) is 0.526. The predicted octanol–water partition coefficient (Wildman–Crippen LogP) is 3.86. The molecule has 1 saturated heterocycles. The van der Waals surface area contributed by atoms with Crippen LogP contribution < -0.4 is 0 Å². The fourth-order valence-corrected chi connectivity index (χ4v) is 2.44. The Hall–Kier alpha value is -1.81. The summed E-state index contributed by atoms with van der Waals surface area (Å²) >= 11 is 0. The zero-order valence-electron chi connectivity index (χ0n) is 14.0. The number of esters is 1. The quantitative estimate of drug-likeness (QED) is 0.512. The molecular formula is C19H26O4. The van der Waals surface area contributed by atoms with Crippen LogP contribution in [0.2, 0.25) is 0 Å². The Balaban J connectivity index is 1.88. The van der Waals surface area contributed by atoms with E-state index < -0.39 is 5.60 Å². The molecule has 2 unspecified atom stereocenters. The molecule has 23 heavy (non-hydrogen) atoms. The first kappa shape index (κ1) is 17.5. The average Bonchev–Trinajstić information content (AvgIpc) is 2.94. The molecule has 1 aliphatic heterocycles. The molecule has 2 rings (SSSR count). The summed E-state index contributed by atoms with van der Waals surface area (Å²) in [7, 11) is 0. The maximum atomic E-state index is 11.6. The van der Waals surface area contributed by atoms with Crippen LogP contribution in [0.4, 0.5) is 0 Å². The van der Waals surface area contributed by atoms with Crippen LogP contribution in [0.3, 0.4) is 0 Å². The van der Waals surface area contributed by atoms with Crippen molar-refractivity contribution in [1.29, 1.82) is 0 Å². The Morgan fingerprint density at radius 2 is 2.09 bits per heavy atom. The molecule has 0 amide bonds. The molecule has 1 aromatic rings. The van der Waals surface area contributed by atoms with Crippen LogP contribution in [-0.4, -0.2) is 24.8 Å². The number of rotatable bonds is 9. The van der Waals surface area contributed by atoms with Gasteiger partial charge in [-0.05, 0) is 12.0 Å². The molecule has 1 aliphatic rings. The molecule has 0 bridgehead atoms. The number of benzene rings is 1. The first-order chi connectivity index (χ1) is 11.0. The van der Waals surface area contributed by atoms with E-state index in [1.165, 1.54) is 0 Å². The summed E-state index contributed by atoms with van der Waals surface area (Å²) in [5.41, 5.74) is 0.402. The van der Waals surface area contributed by atoms with Gasteiger partial charge in [-0.15, -0.1) is 0 Å². The zero-order chi connectivity index (χ0) is 16.7. The topological polar surface area (TPSA) is 44.8 Å². The zero-order valence-corrected chi connectivity index (χ0v) is 14.0. The number of carbonyl (C=O) groups excluding carboxylic acids is 1. The summed E-state index contributed by atoms with van der Waals surface area (Å²) in [5.74, 6) is 0.832. The summed E-state index contributed by atoms with van der Waals surface area (Å²) in [4.78, 5) is 11.6. The summed E-state index contributed by atoms with van der Waals surface area (Å²) in [5, 5.41) is 0. The Kier molecular flexibility index (Phi) is 6.22. The highest BCUT2D eigenvalue weighted by Gasteiger charge is 2.42. The van der Waals surface area contributed by atoms with Crippen molar-refractivity contribution in [2.24, 2.45) is 5.92 Å². The summed E-state index contributed by atoms with van der Waals surface area (Å²) in [6.45, 7) is 9.25. The van der Waals surface area contributed by atoms with Crippen molar-refractivity contribution >= 4 is 5.97 Å². The van der Waals surface area contributed by atoms with E-state index in [-0.39, 0.29) is 11.9 Å². The Labute approximate surface area is 138 Å². The lowest BCUT2D eigenvalue weighted by Crippen LogP contribution is -2.39. The van der Waals surface area contributed by atoms with Gasteiger partial charge in [0.1, 0.15) is 6.61 Å². The van der Waals surface area contributed by atoms with Crippen molar-refractivity contribution in [1.82, 2.24) is 0 Å². The summed E-state index contributed by atoms with van der Waals surface area (Å²) in [6.07, 6.45) is 2.00. The molecule has 0 aliphatic carbocycles. The van der Waals surface area contributed by atoms with Crippen molar-refractivity contribution in [2.75, 3.05) is 13.2 Å². The van der Waals surface area contributed by atoms with Crippen molar-refractivity contribution in [2.45, 2.75) is 45.3 Å². The maximum Gasteiger partial charge on any atom is 0.306 e. The summed E-state index contributed by atoms with van der Waals surface area (Å²) < 4.78 is 17.1. The van der Waals surface area contributed by atoms with E-state index in [1.807, 2.05) is 30.3 Å². The van der Waals surface area contributed by atoms with Gasteiger partial charge in [0, 0.05) is 18.8 Å². The molecule has 0 spiro atoms. The minimum Gasteiger partial charge on any atom is -0.494 e. The lowest BCUT2D eigenvalue weighted by molar-refractivity contribution is -0.159. The number of cyclic esters (lactones) is 1. The first-order valence-corrected chi connectivity index (χ1v) is 8.20. The van der Waals surface area contributed by atoms with Crippen LogP contribution in [-0.2, 0) is 25.6 Å². The van der Waals surface area contributed by atoms with Crippen LogP contribution in [0.1, 0.15) is 38.7 Å². The van der Waals surface area contributed by atoms with E-state index in [0.717, 1.165) is 17.7 Å². The van der Waals surface area contributed by atoms with E-state index >= 15 is 0 Å². The molecule has 0 saturated carbocycles. The van der Waals surface area contributed by atoms with Crippen molar-refractivity contribution in [3.05, 3.63) is 48.2 Å². The average molecular weight is 318 g/mol. The highest BCUT2D eigenvalue weighted by atomic mass is 16.6. The smallest absolute Gasteiger partial charge is 0.306 e. The van der Waals surface area contributed by atoms with E-state index in [0.29, 0.717) is 32.7 Å². The number of ether oxygens (including phenoxy) is 3. The van der Waals surface area contributed by atoms with Gasteiger partial charge in [-0.1, -0.05) is 50.8 Å². The second-order valence-corrected chi connectivity index (χ2v) is 6.20. The van der Waals surface area contributed by atoms with Gasteiger partial charge in [-0.2, -0.15) is 0 Å². The molecular weight excluding hydrogens is 292 g/mol. The third kappa shape index (κ3) is 5.10. The predicted molar refractivity (Wildman–Crippen MR) is 88.7 cm³/mol. The highest BCUT2D eigenvalue weighted by molar-refractivity contribution is 5.72. The molecule has 1 heterocycles. The monoisotopic (exact) mass is 318 g/mol. The number of hydrogen-bond acceptors (Lipinski definition) is 4. The Morgan fingerprint density at radius 1 is 1.35 bits per heavy atom.